The smallest absolute Gasteiger partial charge is 0.317 e. The number of nitrogens with zero attached hydrogens (tertiary/aromatic N) is 4. The number of hydrogen-bond acceptors (Lipinski definition) is 5. The topological polar surface area (TPSA) is 86.8 Å². The highest BCUT2D eigenvalue weighted by atomic mass is 32.2. The zero-order valence-electron chi connectivity index (χ0n) is 11.4. The van der Waals surface area contributed by atoms with Crippen LogP contribution in [0.4, 0.5) is 4.79 Å². The summed E-state index contributed by atoms with van der Waals surface area (Å²) in [4.78, 5) is 18.0. The lowest BCUT2D eigenvalue weighted by Crippen LogP contribution is -2.53. The molecule has 0 aliphatic carbocycles. The summed E-state index contributed by atoms with van der Waals surface area (Å²) in [7, 11) is 0. The van der Waals surface area contributed by atoms with Gasteiger partial charge in [0.05, 0.1) is 6.20 Å². The SMILES string of the molecule is O=C(NCCSc1cn[nH]n1)N1CC(c2ccccn2)C1. The van der Waals surface area contributed by atoms with Crippen molar-refractivity contribution in [2.45, 2.75) is 10.9 Å². The van der Waals surface area contributed by atoms with Crippen LogP contribution in [-0.4, -0.2) is 56.7 Å². The van der Waals surface area contributed by atoms with Crippen LogP contribution in [0.1, 0.15) is 11.6 Å². The Hall–Kier alpha value is -2.09. The predicted octanol–water partition coefficient (Wildman–Crippen LogP) is 1.10. The van der Waals surface area contributed by atoms with Crippen molar-refractivity contribution in [1.29, 1.82) is 0 Å². The first-order chi connectivity index (χ1) is 10.3. The van der Waals surface area contributed by atoms with Crippen molar-refractivity contribution in [2.24, 2.45) is 0 Å². The van der Waals surface area contributed by atoms with Crippen LogP contribution in [0.25, 0.3) is 0 Å². The first-order valence-corrected chi connectivity index (χ1v) is 7.74. The van der Waals surface area contributed by atoms with Crippen molar-refractivity contribution in [3.05, 3.63) is 36.3 Å². The summed E-state index contributed by atoms with van der Waals surface area (Å²) >= 11 is 1.56. The highest BCUT2D eigenvalue weighted by molar-refractivity contribution is 7.99. The zero-order chi connectivity index (χ0) is 14.5. The van der Waals surface area contributed by atoms with Gasteiger partial charge in [0, 0.05) is 43.2 Å². The van der Waals surface area contributed by atoms with E-state index in [2.05, 4.69) is 25.7 Å². The lowest BCUT2D eigenvalue weighted by atomic mass is 9.96. The zero-order valence-corrected chi connectivity index (χ0v) is 12.2. The molecule has 110 valence electrons. The number of thioether (sulfide) groups is 1. The lowest BCUT2D eigenvalue weighted by molar-refractivity contribution is 0.150. The Morgan fingerprint density at radius 2 is 2.38 bits per heavy atom. The number of likely N-dealkylation sites (tertiary alicyclic amines) is 1. The fraction of sp³-hybridized carbons (Fsp3) is 0.385. The molecular weight excluding hydrogens is 288 g/mol. The number of carbonyl (C=O) groups is 1. The molecule has 0 atom stereocenters. The van der Waals surface area contributed by atoms with Gasteiger partial charge < -0.3 is 10.2 Å². The maximum Gasteiger partial charge on any atom is 0.317 e. The van der Waals surface area contributed by atoms with E-state index in [4.69, 9.17) is 0 Å². The van der Waals surface area contributed by atoms with Gasteiger partial charge >= 0.3 is 6.03 Å². The Labute approximate surface area is 126 Å². The van der Waals surface area contributed by atoms with Crippen LogP contribution in [-0.2, 0) is 0 Å². The average molecular weight is 304 g/mol. The second kappa shape index (κ2) is 6.57. The molecule has 2 N–H and O–H groups in total. The quantitative estimate of drug-likeness (QED) is 0.638. The minimum atomic E-state index is -0.0112. The van der Waals surface area contributed by atoms with Crippen molar-refractivity contribution in [3.63, 3.8) is 0 Å². The molecule has 7 nitrogen and oxygen atoms in total. The van der Waals surface area contributed by atoms with E-state index in [-0.39, 0.29) is 6.03 Å². The van der Waals surface area contributed by atoms with E-state index in [1.165, 1.54) is 0 Å². The summed E-state index contributed by atoms with van der Waals surface area (Å²) in [6.45, 7) is 2.08. The van der Waals surface area contributed by atoms with Gasteiger partial charge in [0.1, 0.15) is 5.03 Å². The van der Waals surface area contributed by atoms with Crippen LogP contribution < -0.4 is 5.32 Å². The van der Waals surface area contributed by atoms with Gasteiger partial charge in [0.2, 0.25) is 0 Å². The second-order valence-electron chi connectivity index (χ2n) is 4.75. The first-order valence-electron chi connectivity index (χ1n) is 6.75. The summed E-state index contributed by atoms with van der Waals surface area (Å²) in [6.07, 6.45) is 3.46. The summed E-state index contributed by atoms with van der Waals surface area (Å²) in [6, 6.07) is 5.88. The van der Waals surface area contributed by atoms with Gasteiger partial charge in [-0.1, -0.05) is 6.07 Å². The Morgan fingerprint density at radius 3 is 3.10 bits per heavy atom. The monoisotopic (exact) mass is 304 g/mol. The van der Waals surface area contributed by atoms with E-state index < -0.39 is 0 Å². The van der Waals surface area contributed by atoms with Crippen molar-refractivity contribution in [2.75, 3.05) is 25.4 Å². The number of pyridine rings is 1. The van der Waals surface area contributed by atoms with E-state index in [1.807, 2.05) is 18.2 Å². The van der Waals surface area contributed by atoms with E-state index in [9.17, 15) is 4.79 Å². The van der Waals surface area contributed by atoms with Gasteiger partial charge in [-0.05, 0) is 12.1 Å². The number of hydrogen-bond donors (Lipinski definition) is 2. The summed E-state index contributed by atoms with van der Waals surface area (Å²) in [5.41, 5.74) is 1.06. The summed E-state index contributed by atoms with van der Waals surface area (Å²) in [5, 5.41) is 14.0. The highest BCUT2D eigenvalue weighted by Crippen LogP contribution is 2.24. The Kier molecular flexibility index (Phi) is 4.34. The molecule has 8 heteroatoms. The van der Waals surface area contributed by atoms with Gasteiger partial charge in [-0.3, -0.25) is 4.98 Å². The number of amides is 2. The number of nitrogens with one attached hydrogen (secondary N) is 2. The van der Waals surface area contributed by atoms with Gasteiger partial charge in [0.15, 0.2) is 0 Å². The number of aromatic nitrogens is 4. The van der Waals surface area contributed by atoms with E-state index in [0.29, 0.717) is 12.5 Å². The normalized spacial score (nSPS) is 14.8. The average Bonchev–Trinajstić information content (AvgIpc) is 2.96. The van der Waals surface area contributed by atoms with E-state index in [1.54, 1.807) is 29.1 Å². The third kappa shape index (κ3) is 3.52. The molecule has 0 radical (unpaired) electrons. The molecule has 0 spiro atoms. The van der Waals surface area contributed by atoms with Gasteiger partial charge in [0.25, 0.3) is 0 Å². The fourth-order valence-corrected chi connectivity index (χ4v) is 2.78. The number of rotatable bonds is 5. The molecule has 2 amide bonds. The highest BCUT2D eigenvalue weighted by Gasteiger charge is 2.32. The third-order valence-corrected chi connectivity index (χ3v) is 4.20. The molecule has 21 heavy (non-hydrogen) atoms. The molecule has 0 aromatic carbocycles. The molecule has 3 heterocycles. The van der Waals surface area contributed by atoms with Crippen LogP contribution in [0.3, 0.4) is 0 Å². The van der Waals surface area contributed by atoms with Crippen LogP contribution in [0.15, 0.2) is 35.6 Å². The molecule has 1 aliphatic heterocycles. The van der Waals surface area contributed by atoms with E-state index in [0.717, 1.165) is 29.6 Å². The standard InChI is InChI=1S/C13H16N6OS/c20-13(15-5-6-21-12-7-16-18-17-12)19-8-10(9-19)11-3-1-2-4-14-11/h1-4,7,10H,5-6,8-9H2,(H,15,20)(H,16,17,18). The minimum absolute atomic E-state index is 0.0112. The molecule has 1 aliphatic rings. The number of aromatic amines is 1. The predicted molar refractivity (Wildman–Crippen MR) is 79.1 cm³/mol. The Morgan fingerprint density at radius 1 is 1.48 bits per heavy atom. The largest absolute Gasteiger partial charge is 0.337 e. The molecule has 1 fully saturated rings. The third-order valence-electron chi connectivity index (χ3n) is 3.30. The summed E-state index contributed by atoms with van der Waals surface area (Å²) < 4.78 is 0. The second-order valence-corrected chi connectivity index (χ2v) is 5.86. The van der Waals surface area contributed by atoms with Crippen LogP contribution in [0.2, 0.25) is 0 Å². The molecule has 3 rings (SSSR count). The van der Waals surface area contributed by atoms with Crippen molar-refractivity contribution >= 4 is 17.8 Å². The van der Waals surface area contributed by atoms with Gasteiger partial charge in [-0.15, -0.1) is 16.9 Å². The molecule has 0 saturated carbocycles. The molecule has 0 unspecified atom stereocenters. The maximum absolute atomic E-state index is 11.9. The number of urea groups is 1. The maximum atomic E-state index is 11.9. The van der Waals surface area contributed by atoms with Gasteiger partial charge in [-0.25, -0.2) is 4.79 Å². The van der Waals surface area contributed by atoms with Crippen LogP contribution in [0.5, 0.6) is 0 Å². The number of H-pyrrole nitrogens is 1. The number of carbonyl (C=O) groups excluding carboxylic acids is 1. The van der Waals surface area contributed by atoms with Crippen molar-refractivity contribution in [3.8, 4) is 0 Å². The van der Waals surface area contributed by atoms with Crippen LogP contribution >= 0.6 is 11.8 Å². The Balaban J connectivity index is 1.34. The lowest BCUT2D eigenvalue weighted by Gasteiger charge is -2.38. The van der Waals surface area contributed by atoms with Crippen molar-refractivity contribution < 1.29 is 4.79 Å². The summed E-state index contributed by atoms with van der Waals surface area (Å²) in [5.74, 6) is 1.14. The minimum Gasteiger partial charge on any atom is -0.337 e. The molecule has 2 aromatic heterocycles. The van der Waals surface area contributed by atoms with Gasteiger partial charge in [-0.2, -0.15) is 10.3 Å². The molecular formula is C13H16N6OS. The fourth-order valence-electron chi connectivity index (χ4n) is 2.13. The Bertz CT molecular complexity index is 570. The van der Waals surface area contributed by atoms with Crippen molar-refractivity contribution in [1.82, 2.24) is 30.6 Å². The molecule has 2 aromatic rings. The van der Waals surface area contributed by atoms with E-state index >= 15 is 0 Å². The molecule has 1 saturated heterocycles. The molecule has 0 bridgehead atoms. The first kappa shape index (κ1) is 13.9. The van der Waals surface area contributed by atoms with Crippen LogP contribution in [0, 0.1) is 0 Å².